The lowest BCUT2D eigenvalue weighted by Gasteiger charge is -2.25. The van der Waals surface area contributed by atoms with Gasteiger partial charge in [-0.3, -0.25) is 10.1 Å². The zero-order chi connectivity index (χ0) is 17.6. The molecule has 0 atom stereocenters. The monoisotopic (exact) mass is 334 g/mol. The lowest BCUT2D eigenvalue weighted by Crippen LogP contribution is -2.23. The minimum atomic E-state index is -0.472. The van der Waals surface area contributed by atoms with Gasteiger partial charge >= 0.3 is 5.69 Å². The fraction of sp³-hybridized carbons (Fsp3) is 0.105. The number of nitro groups is 1. The van der Waals surface area contributed by atoms with Gasteiger partial charge in [0.2, 0.25) is 5.82 Å². The minimum Gasteiger partial charge on any atom is -0.378 e. The van der Waals surface area contributed by atoms with Crippen molar-refractivity contribution in [3.63, 3.8) is 0 Å². The molecular formula is C19H18N4O2. The van der Waals surface area contributed by atoms with Crippen molar-refractivity contribution in [1.82, 2.24) is 4.98 Å². The molecule has 0 amide bonds. The summed E-state index contributed by atoms with van der Waals surface area (Å²) >= 11 is 0. The average Bonchev–Trinajstić information content (AvgIpc) is 2.62. The summed E-state index contributed by atoms with van der Waals surface area (Å²) in [6, 6.07) is 21.3. The SMILES string of the molecule is Nc1nccc(N(Cc2ccccc2)Cc2ccccc2)c1[N+](=O)[O-]. The molecule has 25 heavy (non-hydrogen) atoms. The summed E-state index contributed by atoms with van der Waals surface area (Å²) in [5.74, 6) is -0.0753. The number of nitrogens with two attached hydrogens (primary N) is 1. The molecule has 6 nitrogen and oxygen atoms in total. The van der Waals surface area contributed by atoms with Crippen molar-refractivity contribution in [2.24, 2.45) is 0 Å². The quantitative estimate of drug-likeness (QED) is 0.548. The first kappa shape index (κ1) is 16.4. The predicted molar refractivity (Wildman–Crippen MR) is 98.1 cm³/mol. The van der Waals surface area contributed by atoms with E-state index in [-0.39, 0.29) is 11.5 Å². The van der Waals surface area contributed by atoms with E-state index in [1.54, 1.807) is 6.07 Å². The van der Waals surface area contributed by atoms with E-state index in [9.17, 15) is 10.1 Å². The van der Waals surface area contributed by atoms with Gasteiger partial charge in [-0.25, -0.2) is 4.98 Å². The van der Waals surface area contributed by atoms with E-state index in [2.05, 4.69) is 4.98 Å². The minimum absolute atomic E-state index is 0.0753. The van der Waals surface area contributed by atoms with E-state index in [0.29, 0.717) is 18.8 Å². The van der Waals surface area contributed by atoms with Gasteiger partial charge in [0.05, 0.1) is 4.92 Å². The Morgan fingerprint density at radius 1 is 0.920 bits per heavy atom. The Kier molecular flexibility index (Phi) is 4.89. The zero-order valence-electron chi connectivity index (χ0n) is 13.6. The lowest BCUT2D eigenvalue weighted by atomic mass is 10.1. The van der Waals surface area contributed by atoms with Crippen molar-refractivity contribution in [3.8, 4) is 0 Å². The second-order valence-electron chi connectivity index (χ2n) is 5.65. The van der Waals surface area contributed by atoms with Crippen LogP contribution in [-0.4, -0.2) is 9.91 Å². The highest BCUT2D eigenvalue weighted by Gasteiger charge is 2.24. The number of hydrogen-bond acceptors (Lipinski definition) is 5. The summed E-state index contributed by atoms with van der Waals surface area (Å²) in [4.78, 5) is 16.9. The van der Waals surface area contributed by atoms with E-state index in [0.717, 1.165) is 11.1 Å². The molecule has 1 heterocycles. The zero-order valence-corrected chi connectivity index (χ0v) is 13.6. The Labute approximate surface area is 145 Å². The van der Waals surface area contributed by atoms with Crippen molar-refractivity contribution >= 4 is 17.2 Å². The molecule has 0 spiro atoms. The molecule has 0 aliphatic rings. The summed E-state index contributed by atoms with van der Waals surface area (Å²) in [6.45, 7) is 1.06. The fourth-order valence-electron chi connectivity index (χ4n) is 2.74. The summed E-state index contributed by atoms with van der Waals surface area (Å²) in [7, 11) is 0. The van der Waals surface area contributed by atoms with E-state index >= 15 is 0 Å². The molecule has 3 rings (SSSR count). The molecular weight excluding hydrogens is 316 g/mol. The number of pyridine rings is 1. The number of aromatic nitrogens is 1. The first-order valence-corrected chi connectivity index (χ1v) is 7.87. The predicted octanol–water partition coefficient (Wildman–Crippen LogP) is 3.78. The standard InChI is InChI=1S/C19H18N4O2/c20-19-18(23(24)25)17(11-12-21-19)22(13-15-7-3-1-4-8-15)14-16-9-5-2-6-10-16/h1-12H,13-14H2,(H2,20,21). The highest BCUT2D eigenvalue weighted by Crippen LogP contribution is 2.33. The highest BCUT2D eigenvalue weighted by atomic mass is 16.6. The Morgan fingerprint density at radius 3 is 1.92 bits per heavy atom. The molecule has 0 bridgehead atoms. The van der Waals surface area contributed by atoms with Gasteiger partial charge in [0.1, 0.15) is 5.69 Å². The van der Waals surface area contributed by atoms with Crippen molar-refractivity contribution in [2.45, 2.75) is 13.1 Å². The van der Waals surface area contributed by atoms with Crippen LogP contribution in [0.25, 0.3) is 0 Å². The number of nitrogens with zero attached hydrogens (tertiary/aromatic N) is 3. The van der Waals surface area contributed by atoms with Crippen LogP contribution < -0.4 is 10.6 Å². The molecule has 126 valence electrons. The molecule has 0 radical (unpaired) electrons. The topological polar surface area (TPSA) is 85.3 Å². The molecule has 3 aromatic rings. The van der Waals surface area contributed by atoms with Crippen LogP contribution in [0.4, 0.5) is 17.2 Å². The Bertz CT molecular complexity index is 812. The summed E-state index contributed by atoms with van der Waals surface area (Å²) in [5.41, 5.74) is 8.19. The van der Waals surface area contributed by atoms with Crippen LogP contribution in [0, 0.1) is 10.1 Å². The van der Waals surface area contributed by atoms with Crippen molar-refractivity contribution in [2.75, 3.05) is 10.6 Å². The third-order valence-corrected chi connectivity index (χ3v) is 3.89. The molecule has 0 aliphatic carbocycles. The summed E-state index contributed by atoms with van der Waals surface area (Å²) in [5, 5.41) is 11.5. The molecule has 0 unspecified atom stereocenters. The number of nitrogen functional groups attached to an aromatic ring is 1. The Balaban J connectivity index is 2.02. The van der Waals surface area contributed by atoms with Gasteiger partial charge < -0.3 is 10.6 Å². The summed E-state index contributed by atoms with van der Waals surface area (Å²) in [6.07, 6.45) is 1.50. The molecule has 0 aliphatic heterocycles. The molecule has 2 aromatic carbocycles. The molecule has 0 fully saturated rings. The van der Waals surface area contributed by atoms with Crippen LogP contribution in [0.5, 0.6) is 0 Å². The molecule has 2 N–H and O–H groups in total. The average molecular weight is 334 g/mol. The molecule has 0 saturated carbocycles. The smallest absolute Gasteiger partial charge is 0.334 e. The van der Waals surface area contributed by atoms with Gasteiger partial charge in [0, 0.05) is 19.3 Å². The van der Waals surface area contributed by atoms with Crippen LogP contribution in [-0.2, 0) is 13.1 Å². The normalized spacial score (nSPS) is 10.4. The van der Waals surface area contributed by atoms with Gasteiger partial charge in [-0.2, -0.15) is 0 Å². The number of anilines is 2. The van der Waals surface area contributed by atoms with Crippen molar-refractivity contribution < 1.29 is 4.92 Å². The van der Waals surface area contributed by atoms with Crippen LogP contribution in [0.2, 0.25) is 0 Å². The maximum Gasteiger partial charge on any atom is 0.334 e. The molecule has 6 heteroatoms. The van der Waals surface area contributed by atoms with Crippen molar-refractivity contribution in [3.05, 3.63) is 94.2 Å². The third kappa shape index (κ3) is 3.92. The van der Waals surface area contributed by atoms with Crippen LogP contribution >= 0.6 is 0 Å². The van der Waals surface area contributed by atoms with Crippen LogP contribution in [0.1, 0.15) is 11.1 Å². The van der Waals surface area contributed by atoms with E-state index in [1.165, 1.54) is 6.20 Å². The maximum atomic E-state index is 11.5. The van der Waals surface area contributed by atoms with Crippen LogP contribution in [0.3, 0.4) is 0 Å². The number of rotatable bonds is 6. The number of hydrogen-bond donors (Lipinski definition) is 1. The number of benzene rings is 2. The van der Waals surface area contributed by atoms with E-state index in [1.807, 2.05) is 65.6 Å². The van der Waals surface area contributed by atoms with Crippen LogP contribution in [0.15, 0.2) is 72.9 Å². The maximum absolute atomic E-state index is 11.5. The van der Waals surface area contributed by atoms with Gasteiger partial charge in [-0.15, -0.1) is 0 Å². The second kappa shape index (κ2) is 7.44. The van der Waals surface area contributed by atoms with Gasteiger partial charge in [-0.1, -0.05) is 60.7 Å². The second-order valence-corrected chi connectivity index (χ2v) is 5.65. The van der Waals surface area contributed by atoms with Crippen molar-refractivity contribution in [1.29, 1.82) is 0 Å². The summed E-state index contributed by atoms with van der Waals surface area (Å²) < 4.78 is 0. The first-order valence-electron chi connectivity index (χ1n) is 7.87. The van der Waals surface area contributed by atoms with Gasteiger partial charge in [0.25, 0.3) is 0 Å². The Hall–Kier alpha value is -3.41. The van der Waals surface area contributed by atoms with Gasteiger partial charge in [-0.05, 0) is 17.2 Å². The van der Waals surface area contributed by atoms with E-state index < -0.39 is 4.92 Å². The fourth-order valence-corrected chi connectivity index (χ4v) is 2.74. The van der Waals surface area contributed by atoms with Gasteiger partial charge in [0.15, 0.2) is 0 Å². The largest absolute Gasteiger partial charge is 0.378 e. The highest BCUT2D eigenvalue weighted by molar-refractivity contribution is 5.72. The molecule has 0 saturated heterocycles. The van der Waals surface area contributed by atoms with E-state index in [4.69, 9.17) is 5.73 Å². The lowest BCUT2D eigenvalue weighted by molar-refractivity contribution is -0.383. The molecule has 1 aromatic heterocycles. The Morgan fingerprint density at radius 2 is 1.44 bits per heavy atom. The third-order valence-electron chi connectivity index (χ3n) is 3.89. The first-order chi connectivity index (χ1) is 12.1.